The number of carbonyl (C=O) groups is 1. The monoisotopic (exact) mass is 212 g/mol. The third-order valence-corrected chi connectivity index (χ3v) is 3.74. The van der Waals surface area contributed by atoms with Crippen LogP contribution in [0.4, 0.5) is 4.79 Å². The van der Waals surface area contributed by atoms with Crippen LogP contribution >= 0.6 is 0 Å². The fourth-order valence-corrected chi connectivity index (χ4v) is 2.96. The minimum atomic E-state index is -0.758. The molecule has 0 aromatic heterocycles. The SMILES string of the molecule is CC(C)(C)C1CC2CNCC2N1C(=O)O. The number of fused-ring (bicyclic) bond motifs is 1. The smallest absolute Gasteiger partial charge is 0.407 e. The third kappa shape index (κ3) is 1.71. The molecule has 2 saturated heterocycles. The fourth-order valence-electron chi connectivity index (χ4n) is 2.96. The van der Waals surface area contributed by atoms with Crippen molar-refractivity contribution in [2.24, 2.45) is 11.3 Å². The second-order valence-electron chi connectivity index (χ2n) is 5.79. The highest BCUT2D eigenvalue weighted by Gasteiger charge is 2.49. The second-order valence-corrected chi connectivity index (χ2v) is 5.79. The Morgan fingerprint density at radius 3 is 2.60 bits per heavy atom. The molecule has 1 amide bonds. The van der Waals surface area contributed by atoms with E-state index in [0.29, 0.717) is 5.92 Å². The number of carboxylic acid groups (broad SMARTS) is 1. The van der Waals surface area contributed by atoms with Gasteiger partial charge in [-0.1, -0.05) is 20.8 Å². The molecule has 15 heavy (non-hydrogen) atoms. The lowest BCUT2D eigenvalue weighted by atomic mass is 9.84. The zero-order chi connectivity index (χ0) is 11.2. The summed E-state index contributed by atoms with van der Waals surface area (Å²) in [6.07, 6.45) is 0.249. The lowest BCUT2D eigenvalue weighted by Gasteiger charge is -2.35. The predicted octanol–water partition coefficient (Wildman–Crippen LogP) is 1.37. The van der Waals surface area contributed by atoms with Crippen LogP contribution in [0.3, 0.4) is 0 Å². The Labute approximate surface area is 90.6 Å². The summed E-state index contributed by atoms with van der Waals surface area (Å²) < 4.78 is 0. The van der Waals surface area contributed by atoms with Crippen LogP contribution in [0.25, 0.3) is 0 Å². The zero-order valence-electron chi connectivity index (χ0n) is 9.66. The first kappa shape index (κ1) is 10.7. The van der Waals surface area contributed by atoms with Gasteiger partial charge >= 0.3 is 6.09 Å². The molecular formula is C11H20N2O2. The highest BCUT2D eigenvalue weighted by Crippen LogP contribution is 2.40. The fraction of sp³-hybridized carbons (Fsp3) is 0.909. The number of amides is 1. The van der Waals surface area contributed by atoms with Crippen molar-refractivity contribution >= 4 is 6.09 Å². The van der Waals surface area contributed by atoms with E-state index in [1.807, 2.05) is 0 Å². The summed E-state index contributed by atoms with van der Waals surface area (Å²) in [6, 6.07) is 0.374. The summed E-state index contributed by atoms with van der Waals surface area (Å²) in [4.78, 5) is 13.0. The summed E-state index contributed by atoms with van der Waals surface area (Å²) in [5, 5.41) is 12.6. The van der Waals surface area contributed by atoms with Gasteiger partial charge in [0.2, 0.25) is 0 Å². The van der Waals surface area contributed by atoms with Crippen LogP contribution in [0, 0.1) is 11.3 Å². The summed E-state index contributed by atoms with van der Waals surface area (Å²) in [7, 11) is 0. The Hall–Kier alpha value is -0.770. The molecule has 0 aromatic rings. The molecule has 0 aliphatic carbocycles. The summed E-state index contributed by atoms with van der Waals surface area (Å²) in [5.41, 5.74) is 0.0444. The number of likely N-dealkylation sites (tertiary alicyclic amines) is 1. The summed E-state index contributed by atoms with van der Waals surface area (Å²) in [5.74, 6) is 0.519. The molecular weight excluding hydrogens is 192 g/mol. The number of rotatable bonds is 0. The molecule has 4 heteroatoms. The topological polar surface area (TPSA) is 52.6 Å². The highest BCUT2D eigenvalue weighted by atomic mass is 16.4. The van der Waals surface area contributed by atoms with Gasteiger partial charge in [0.05, 0.1) is 6.04 Å². The minimum absolute atomic E-state index is 0.0444. The Kier molecular flexibility index (Phi) is 2.41. The van der Waals surface area contributed by atoms with Gasteiger partial charge in [0.25, 0.3) is 0 Å². The summed E-state index contributed by atoms with van der Waals surface area (Å²) in [6.45, 7) is 8.18. The average Bonchev–Trinajstić information content (AvgIpc) is 2.56. The van der Waals surface area contributed by atoms with Crippen molar-refractivity contribution in [3.05, 3.63) is 0 Å². The van der Waals surface area contributed by atoms with Gasteiger partial charge in [-0.3, -0.25) is 0 Å². The van der Waals surface area contributed by atoms with Crippen molar-refractivity contribution in [1.29, 1.82) is 0 Å². The van der Waals surface area contributed by atoms with Gasteiger partial charge in [-0.05, 0) is 17.8 Å². The van der Waals surface area contributed by atoms with E-state index in [0.717, 1.165) is 19.5 Å². The molecule has 0 bridgehead atoms. The van der Waals surface area contributed by atoms with E-state index in [9.17, 15) is 9.90 Å². The van der Waals surface area contributed by atoms with Crippen molar-refractivity contribution in [3.8, 4) is 0 Å². The molecule has 4 nitrogen and oxygen atoms in total. The van der Waals surface area contributed by atoms with Crippen molar-refractivity contribution < 1.29 is 9.90 Å². The van der Waals surface area contributed by atoms with E-state index >= 15 is 0 Å². The van der Waals surface area contributed by atoms with Gasteiger partial charge in [-0.2, -0.15) is 0 Å². The molecule has 2 fully saturated rings. The van der Waals surface area contributed by atoms with Crippen LogP contribution in [0.2, 0.25) is 0 Å². The molecule has 0 aromatic carbocycles. The van der Waals surface area contributed by atoms with Crippen LogP contribution in [-0.2, 0) is 0 Å². The van der Waals surface area contributed by atoms with Crippen LogP contribution in [-0.4, -0.2) is 41.3 Å². The maximum atomic E-state index is 11.3. The van der Waals surface area contributed by atoms with Gasteiger partial charge < -0.3 is 15.3 Å². The molecule has 0 saturated carbocycles. The van der Waals surface area contributed by atoms with Crippen molar-refractivity contribution in [3.63, 3.8) is 0 Å². The quantitative estimate of drug-likeness (QED) is 0.637. The number of hydrogen-bond acceptors (Lipinski definition) is 2. The highest BCUT2D eigenvalue weighted by molar-refractivity contribution is 5.67. The van der Waals surface area contributed by atoms with Crippen LogP contribution < -0.4 is 5.32 Å². The molecule has 3 atom stereocenters. The minimum Gasteiger partial charge on any atom is -0.465 e. The summed E-state index contributed by atoms with van der Waals surface area (Å²) >= 11 is 0. The first-order valence-electron chi connectivity index (χ1n) is 5.63. The molecule has 2 N–H and O–H groups in total. The van der Waals surface area contributed by atoms with Crippen LogP contribution in [0.5, 0.6) is 0 Å². The van der Waals surface area contributed by atoms with Gasteiger partial charge in [0.15, 0.2) is 0 Å². The molecule has 0 spiro atoms. The Balaban J connectivity index is 2.23. The maximum absolute atomic E-state index is 11.3. The molecule has 2 heterocycles. The van der Waals surface area contributed by atoms with E-state index < -0.39 is 6.09 Å². The number of nitrogens with one attached hydrogen (secondary N) is 1. The van der Waals surface area contributed by atoms with E-state index in [1.165, 1.54) is 0 Å². The van der Waals surface area contributed by atoms with E-state index in [1.54, 1.807) is 4.90 Å². The lowest BCUT2D eigenvalue weighted by Crippen LogP contribution is -2.48. The molecule has 3 unspecified atom stereocenters. The molecule has 2 rings (SSSR count). The van der Waals surface area contributed by atoms with Crippen molar-refractivity contribution in [2.45, 2.75) is 39.3 Å². The van der Waals surface area contributed by atoms with Crippen molar-refractivity contribution in [1.82, 2.24) is 10.2 Å². The molecule has 0 radical (unpaired) electrons. The van der Waals surface area contributed by atoms with Gasteiger partial charge in [0, 0.05) is 19.1 Å². The normalized spacial score (nSPS) is 35.7. The maximum Gasteiger partial charge on any atom is 0.407 e. The lowest BCUT2D eigenvalue weighted by molar-refractivity contribution is 0.0881. The standard InChI is InChI=1S/C11H20N2O2/c1-11(2,3)9-4-7-5-12-6-8(7)13(9)10(14)15/h7-9,12H,4-6H2,1-3H3,(H,14,15). The van der Waals surface area contributed by atoms with Gasteiger partial charge in [-0.25, -0.2) is 4.79 Å². The molecule has 86 valence electrons. The van der Waals surface area contributed by atoms with Crippen LogP contribution in [0.15, 0.2) is 0 Å². The Morgan fingerprint density at radius 1 is 1.40 bits per heavy atom. The predicted molar refractivity (Wildman–Crippen MR) is 57.9 cm³/mol. The van der Waals surface area contributed by atoms with E-state index in [-0.39, 0.29) is 17.5 Å². The zero-order valence-corrected chi connectivity index (χ0v) is 9.66. The largest absolute Gasteiger partial charge is 0.465 e. The first-order valence-corrected chi connectivity index (χ1v) is 5.63. The molecule has 2 aliphatic rings. The molecule has 2 aliphatic heterocycles. The van der Waals surface area contributed by atoms with E-state index in [4.69, 9.17) is 0 Å². The Bertz CT molecular complexity index is 272. The second kappa shape index (κ2) is 3.37. The number of nitrogens with zero attached hydrogens (tertiary/aromatic N) is 1. The van der Waals surface area contributed by atoms with Gasteiger partial charge in [-0.15, -0.1) is 0 Å². The third-order valence-electron chi connectivity index (χ3n) is 3.74. The first-order chi connectivity index (χ1) is 6.91. The van der Waals surface area contributed by atoms with Crippen molar-refractivity contribution in [2.75, 3.05) is 13.1 Å². The Morgan fingerprint density at radius 2 is 2.07 bits per heavy atom. The van der Waals surface area contributed by atoms with Gasteiger partial charge in [0.1, 0.15) is 0 Å². The number of hydrogen-bond donors (Lipinski definition) is 2. The van der Waals surface area contributed by atoms with E-state index in [2.05, 4.69) is 26.1 Å². The van der Waals surface area contributed by atoms with Crippen LogP contribution in [0.1, 0.15) is 27.2 Å². The average molecular weight is 212 g/mol.